The Hall–Kier alpha value is -2.05. The second kappa shape index (κ2) is 7.45. The van der Waals surface area contributed by atoms with Gasteiger partial charge < -0.3 is 5.32 Å². The van der Waals surface area contributed by atoms with Crippen molar-refractivity contribution in [3.05, 3.63) is 53.6 Å². The highest BCUT2D eigenvalue weighted by atomic mass is 35.5. The van der Waals surface area contributed by atoms with Gasteiger partial charge in [0.2, 0.25) is 0 Å². The Morgan fingerprint density at radius 1 is 1.12 bits per heavy atom. The fraction of sp³-hybridized carbons (Fsp3) is 0.278. The Labute approximate surface area is 155 Å². The number of anilines is 2. The van der Waals surface area contributed by atoms with Crippen LogP contribution < -0.4 is 5.32 Å². The molecule has 0 spiro atoms. The zero-order valence-corrected chi connectivity index (χ0v) is 15.1. The van der Waals surface area contributed by atoms with E-state index in [0.717, 1.165) is 15.6 Å². The van der Waals surface area contributed by atoms with Gasteiger partial charge in [0.1, 0.15) is 11.0 Å². The average molecular weight is 372 g/mol. The Balaban J connectivity index is 1.50. The van der Waals surface area contributed by atoms with Gasteiger partial charge in [0.05, 0.1) is 0 Å². The van der Waals surface area contributed by atoms with Crippen molar-refractivity contribution in [3.8, 4) is 0 Å². The van der Waals surface area contributed by atoms with Crippen LogP contribution >= 0.6 is 23.4 Å². The van der Waals surface area contributed by atoms with Gasteiger partial charge in [-0.3, -0.25) is 10.1 Å². The van der Waals surface area contributed by atoms with E-state index in [2.05, 4.69) is 31.5 Å². The Kier molecular flexibility index (Phi) is 4.90. The molecule has 0 atom stereocenters. The first-order valence-corrected chi connectivity index (χ1v) is 9.53. The number of hydrogen-bond acceptors (Lipinski definition) is 5. The van der Waals surface area contributed by atoms with Crippen LogP contribution in [0.2, 0.25) is 5.15 Å². The highest BCUT2D eigenvalue weighted by Gasteiger charge is 2.19. The predicted molar refractivity (Wildman–Crippen MR) is 101 cm³/mol. The Morgan fingerprint density at radius 3 is 2.80 bits per heavy atom. The number of H-pyrrole nitrogens is 1. The van der Waals surface area contributed by atoms with Crippen molar-refractivity contribution < 1.29 is 0 Å². The molecule has 0 bridgehead atoms. The summed E-state index contributed by atoms with van der Waals surface area (Å²) in [5, 5.41) is 11.2. The molecule has 1 aliphatic carbocycles. The molecule has 0 saturated heterocycles. The summed E-state index contributed by atoms with van der Waals surface area (Å²) in [6.07, 6.45) is 8.67. The van der Waals surface area contributed by atoms with Crippen molar-refractivity contribution in [2.45, 2.75) is 41.4 Å². The maximum absolute atomic E-state index is 6.18. The highest BCUT2D eigenvalue weighted by molar-refractivity contribution is 7.99. The number of aromatic amines is 1. The van der Waals surface area contributed by atoms with Crippen LogP contribution in [0, 0.1) is 0 Å². The lowest BCUT2D eigenvalue weighted by atomic mass is 10.0. The summed E-state index contributed by atoms with van der Waals surface area (Å²) >= 11 is 7.78. The van der Waals surface area contributed by atoms with E-state index in [-0.39, 0.29) is 0 Å². The van der Waals surface area contributed by atoms with Crippen LogP contribution in [0.3, 0.4) is 0 Å². The molecule has 4 rings (SSSR count). The lowest BCUT2D eigenvalue weighted by Crippen LogP contribution is -1.94. The molecule has 1 saturated carbocycles. The lowest BCUT2D eigenvalue weighted by Gasteiger charge is -2.06. The zero-order valence-electron chi connectivity index (χ0n) is 13.6. The summed E-state index contributed by atoms with van der Waals surface area (Å²) in [5.41, 5.74) is 1.20. The number of nitrogens with zero attached hydrogens (tertiary/aromatic N) is 3. The van der Waals surface area contributed by atoms with Crippen molar-refractivity contribution in [2.24, 2.45) is 0 Å². The number of hydrogen-bond donors (Lipinski definition) is 2. The molecule has 0 unspecified atom stereocenters. The fourth-order valence-electron chi connectivity index (χ4n) is 3.12. The van der Waals surface area contributed by atoms with E-state index >= 15 is 0 Å². The minimum absolute atomic E-state index is 0.447. The topological polar surface area (TPSA) is 66.5 Å². The summed E-state index contributed by atoms with van der Waals surface area (Å²) in [6, 6.07) is 9.82. The number of nitrogens with one attached hydrogen (secondary N) is 2. The average Bonchev–Trinajstić information content (AvgIpc) is 3.26. The summed E-state index contributed by atoms with van der Waals surface area (Å²) in [4.78, 5) is 10.5. The van der Waals surface area contributed by atoms with E-state index in [9.17, 15) is 0 Å². The predicted octanol–water partition coefficient (Wildman–Crippen LogP) is 5.41. The molecule has 2 N–H and O–H groups in total. The quantitative estimate of drug-likeness (QED) is 0.587. The number of rotatable bonds is 5. The maximum Gasteiger partial charge on any atom is 0.153 e. The summed E-state index contributed by atoms with van der Waals surface area (Å²) in [7, 11) is 0. The maximum atomic E-state index is 6.18. The van der Waals surface area contributed by atoms with Crippen LogP contribution in [0.15, 0.2) is 52.5 Å². The third kappa shape index (κ3) is 4.14. The molecular weight excluding hydrogens is 354 g/mol. The molecule has 0 aromatic carbocycles. The molecule has 3 heterocycles. The van der Waals surface area contributed by atoms with Crippen LogP contribution in [0.5, 0.6) is 0 Å². The van der Waals surface area contributed by atoms with E-state index in [1.807, 2.05) is 30.5 Å². The van der Waals surface area contributed by atoms with E-state index in [1.54, 1.807) is 18.0 Å². The molecule has 1 aliphatic rings. The molecule has 5 nitrogen and oxygen atoms in total. The van der Waals surface area contributed by atoms with E-state index in [4.69, 9.17) is 11.6 Å². The van der Waals surface area contributed by atoms with E-state index < -0.39 is 0 Å². The molecule has 3 aromatic rings. The van der Waals surface area contributed by atoms with E-state index in [0.29, 0.717) is 16.9 Å². The largest absolute Gasteiger partial charge is 0.323 e. The minimum Gasteiger partial charge on any atom is -0.323 e. The van der Waals surface area contributed by atoms with Gasteiger partial charge in [-0.25, -0.2) is 4.98 Å². The third-order valence-corrected chi connectivity index (χ3v) is 5.43. The SMILES string of the molecule is Clc1cc(Sc2cccnc2)cc(Nc2cc(C3CCCC3)[nH]n2)n1. The van der Waals surface area contributed by atoms with Crippen LogP contribution in [0.25, 0.3) is 0 Å². The van der Waals surface area contributed by atoms with Gasteiger partial charge in [-0.2, -0.15) is 5.10 Å². The molecule has 0 amide bonds. The smallest absolute Gasteiger partial charge is 0.153 e. The first-order valence-electron chi connectivity index (χ1n) is 8.34. The van der Waals surface area contributed by atoms with E-state index in [1.165, 1.54) is 31.4 Å². The van der Waals surface area contributed by atoms with Crippen LogP contribution in [-0.4, -0.2) is 20.2 Å². The molecule has 0 aliphatic heterocycles. The molecule has 128 valence electrons. The van der Waals surface area contributed by atoms with Crippen LogP contribution in [0.4, 0.5) is 11.6 Å². The summed E-state index contributed by atoms with van der Waals surface area (Å²) < 4.78 is 0. The van der Waals surface area contributed by atoms with Crippen molar-refractivity contribution in [3.63, 3.8) is 0 Å². The molecule has 3 aromatic heterocycles. The standard InChI is InChI=1S/C18H18ClN5S/c19-16-8-14(25-13-6-3-7-20-11-13)9-17(21-16)22-18-10-15(23-24-18)12-4-1-2-5-12/h3,6-12H,1-2,4-5H2,(H2,21,22,23,24). The van der Waals surface area contributed by atoms with Crippen LogP contribution in [0.1, 0.15) is 37.3 Å². The van der Waals surface area contributed by atoms with Crippen molar-refractivity contribution in [1.29, 1.82) is 0 Å². The number of aromatic nitrogens is 4. The van der Waals surface area contributed by atoms with Gasteiger partial charge in [0, 0.05) is 39.9 Å². The molecular formula is C18H18ClN5S. The molecule has 1 fully saturated rings. The molecule has 0 radical (unpaired) electrons. The van der Waals surface area contributed by atoms with Crippen molar-refractivity contribution >= 4 is 35.0 Å². The van der Waals surface area contributed by atoms with Gasteiger partial charge in [-0.05, 0) is 37.1 Å². The monoisotopic (exact) mass is 371 g/mol. The van der Waals surface area contributed by atoms with Gasteiger partial charge >= 0.3 is 0 Å². The molecule has 25 heavy (non-hydrogen) atoms. The van der Waals surface area contributed by atoms with Gasteiger partial charge in [-0.15, -0.1) is 0 Å². The fourth-order valence-corrected chi connectivity index (χ4v) is 4.26. The van der Waals surface area contributed by atoms with Crippen molar-refractivity contribution in [2.75, 3.05) is 5.32 Å². The number of halogens is 1. The van der Waals surface area contributed by atoms with Gasteiger partial charge in [0.15, 0.2) is 5.82 Å². The number of pyridine rings is 2. The third-order valence-electron chi connectivity index (χ3n) is 4.29. The lowest BCUT2D eigenvalue weighted by molar-refractivity contribution is 0.693. The van der Waals surface area contributed by atoms with Crippen LogP contribution in [-0.2, 0) is 0 Å². The second-order valence-corrected chi connectivity index (χ2v) is 7.65. The van der Waals surface area contributed by atoms with Gasteiger partial charge in [-0.1, -0.05) is 36.2 Å². The Bertz CT molecular complexity index is 846. The summed E-state index contributed by atoms with van der Waals surface area (Å²) in [5.74, 6) is 2.06. The molecule has 7 heteroatoms. The van der Waals surface area contributed by atoms with Crippen molar-refractivity contribution in [1.82, 2.24) is 20.2 Å². The zero-order chi connectivity index (χ0) is 17.1. The second-order valence-electron chi connectivity index (χ2n) is 6.12. The summed E-state index contributed by atoms with van der Waals surface area (Å²) in [6.45, 7) is 0. The Morgan fingerprint density at radius 2 is 2.00 bits per heavy atom. The van der Waals surface area contributed by atoms with Gasteiger partial charge in [0.25, 0.3) is 0 Å². The first kappa shape index (κ1) is 16.4. The highest BCUT2D eigenvalue weighted by Crippen LogP contribution is 2.34. The first-order chi connectivity index (χ1) is 12.3. The normalized spacial score (nSPS) is 14.8. The minimum atomic E-state index is 0.447.